The van der Waals surface area contributed by atoms with E-state index in [9.17, 15) is 4.79 Å². The standard InChI is InChI=1S/C22H28N2O4/c1-15(2)28-19-8-6-5-7-18(19)23-13-22(25)24-10-9-16-11-20(26-3)21(27-4)12-17(16)14-24/h5-8,11-12,15,23H,9-10,13-14H2,1-4H3. The molecular weight excluding hydrogens is 356 g/mol. The van der Waals surface area contributed by atoms with Crippen molar-refractivity contribution in [3.05, 3.63) is 47.5 Å². The van der Waals surface area contributed by atoms with Gasteiger partial charge in [0, 0.05) is 13.1 Å². The molecule has 0 aliphatic carbocycles. The van der Waals surface area contributed by atoms with Crippen molar-refractivity contribution in [2.75, 3.05) is 32.6 Å². The van der Waals surface area contributed by atoms with Crippen LogP contribution in [0.25, 0.3) is 0 Å². The average molecular weight is 384 g/mol. The summed E-state index contributed by atoms with van der Waals surface area (Å²) < 4.78 is 16.6. The number of hydrogen-bond donors (Lipinski definition) is 1. The van der Waals surface area contributed by atoms with Gasteiger partial charge in [-0.15, -0.1) is 0 Å². The Bertz CT molecular complexity index is 835. The maximum Gasteiger partial charge on any atom is 0.242 e. The van der Waals surface area contributed by atoms with Crippen LogP contribution in [0.5, 0.6) is 17.2 Å². The van der Waals surface area contributed by atoms with Crippen molar-refractivity contribution in [3.8, 4) is 17.2 Å². The minimum Gasteiger partial charge on any atom is -0.493 e. The normalized spacial score (nSPS) is 13.1. The van der Waals surface area contributed by atoms with E-state index in [0.717, 1.165) is 29.2 Å². The maximum absolute atomic E-state index is 12.8. The molecule has 0 atom stereocenters. The van der Waals surface area contributed by atoms with E-state index in [1.165, 1.54) is 5.56 Å². The van der Waals surface area contributed by atoms with Crippen LogP contribution in [0.1, 0.15) is 25.0 Å². The summed E-state index contributed by atoms with van der Waals surface area (Å²) in [7, 11) is 3.26. The largest absolute Gasteiger partial charge is 0.493 e. The summed E-state index contributed by atoms with van der Waals surface area (Å²) in [6.07, 6.45) is 0.873. The van der Waals surface area contributed by atoms with Crippen LogP contribution in [0, 0.1) is 0 Å². The molecule has 1 amide bonds. The van der Waals surface area contributed by atoms with Crippen molar-refractivity contribution < 1.29 is 19.0 Å². The molecule has 0 saturated heterocycles. The summed E-state index contributed by atoms with van der Waals surface area (Å²) in [6, 6.07) is 11.7. The van der Waals surface area contributed by atoms with Gasteiger partial charge in [0.15, 0.2) is 11.5 Å². The molecule has 1 aliphatic rings. The van der Waals surface area contributed by atoms with Gasteiger partial charge in [-0.3, -0.25) is 4.79 Å². The predicted octanol–water partition coefficient (Wildman–Crippen LogP) is 3.49. The molecule has 28 heavy (non-hydrogen) atoms. The molecule has 1 aliphatic heterocycles. The highest BCUT2D eigenvalue weighted by Crippen LogP contribution is 2.33. The quantitative estimate of drug-likeness (QED) is 0.792. The smallest absolute Gasteiger partial charge is 0.242 e. The lowest BCUT2D eigenvalue weighted by Crippen LogP contribution is -2.39. The van der Waals surface area contributed by atoms with E-state index in [4.69, 9.17) is 14.2 Å². The first kappa shape index (κ1) is 19.9. The van der Waals surface area contributed by atoms with Gasteiger partial charge in [0.05, 0.1) is 32.6 Å². The first-order chi connectivity index (χ1) is 13.5. The number of nitrogens with zero attached hydrogens (tertiary/aromatic N) is 1. The van der Waals surface area contributed by atoms with Crippen molar-refractivity contribution >= 4 is 11.6 Å². The van der Waals surface area contributed by atoms with Gasteiger partial charge in [0.1, 0.15) is 5.75 Å². The lowest BCUT2D eigenvalue weighted by Gasteiger charge is -2.30. The fourth-order valence-corrected chi connectivity index (χ4v) is 3.35. The highest BCUT2D eigenvalue weighted by Gasteiger charge is 2.23. The minimum atomic E-state index is 0.0554. The highest BCUT2D eigenvalue weighted by molar-refractivity contribution is 5.81. The topological polar surface area (TPSA) is 60.0 Å². The lowest BCUT2D eigenvalue weighted by atomic mass is 9.98. The molecule has 6 nitrogen and oxygen atoms in total. The number of methoxy groups -OCH3 is 2. The summed E-state index contributed by atoms with van der Waals surface area (Å²) >= 11 is 0. The lowest BCUT2D eigenvalue weighted by molar-refractivity contribution is -0.130. The molecule has 0 aromatic heterocycles. The van der Waals surface area contributed by atoms with Crippen molar-refractivity contribution in [1.29, 1.82) is 0 Å². The van der Waals surface area contributed by atoms with Crippen LogP contribution in [-0.2, 0) is 17.8 Å². The van der Waals surface area contributed by atoms with Crippen LogP contribution in [0.3, 0.4) is 0 Å². The molecule has 0 unspecified atom stereocenters. The number of ether oxygens (including phenoxy) is 3. The number of rotatable bonds is 7. The first-order valence-corrected chi connectivity index (χ1v) is 9.53. The zero-order valence-electron chi connectivity index (χ0n) is 17.0. The number of nitrogens with one attached hydrogen (secondary N) is 1. The van der Waals surface area contributed by atoms with Crippen LogP contribution in [0.15, 0.2) is 36.4 Å². The molecular formula is C22H28N2O4. The van der Waals surface area contributed by atoms with Crippen molar-refractivity contribution in [2.45, 2.75) is 32.9 Å². The van der Waals surface area contributed by atoms with E-state index in [2.05, 4.69) is 5.32 Å². The predicted molar refractivity (Wildman–Crippen MR) is 109 cm³/mol. The Balaban J connectivity index is 1.66. The van der Waals surface area contributed by atoms with Gasteiger partial charge in [0.2, 0.25) is 5.91 Å². The molecule has 2 aromatic carbocycles. The first-order valence-electron chi connectivity index (χ1n) is 9.53. The van der Waals surface area contributed by atoms with E-state index < -0.39 is 0 Å². The summed E-state index contributed by atoms with van der Waals surface area (Å²) in [5.74, 6) is 2.23. The molecule has 0 spiro atoms. The van der Waals surface area contributed by atoms with Crippen molar-refractivity contribution in [2.24, 2.45) is 0 Å². The van der Waals surface area contributed by atoms with Gasteiger partial charge in [-0.25, -0.2) is 0 Å². The van der Waals surface area contributed by atoms with Gasteiger partial charge in [-0.05, 0) is 55.7 Å². The molecule has 3 rings (SSSR count). The van der Waals surface area contributed by atoms with E-state index in [0.29, 0.717) is 18.8 Å². The number of amides is 1. The van der Waals surface area contributed by atoms with Crippen LogP contribution >= 0.6 is 0 Å². The Morgan fingerprint density at radius 3 is 2.43 bits per heavy atom. The second-order valence-electron chi connectivity index (χ2n) is 7.06. The molecule has 0 bridgehead atoms. The number of anilines is 1. The van der Waals surface area contributed by atoms with E-state index in [1.807, 2.05) is 55.1 Å². The molecule has 6 heteroatoms. The van der Waals surface area contributed by atoms with Crippen molar-refractivity contribution in [3.63, 3.8) is 0 Å². The zero-order chi connectivity index (χ0) is 20.1. The molecule has 2 aromatic rings. The Labute approximate surface area is 166 Å². The molecule has 150 valence electrons. The fraction of sp³-hybridized carbons (Fsp3) is 0.409. The number of fused-ring (bicyclic) bond motifs is 1. The third-order valence-electron chi connectivity index (χ3n) is 4.75. The fourth-order valence-electron chi connectivity index (χ4n) is 3.35. The van der Waals surface area contributed by atoms with Crippen LogP contribution in [-0.4, -0.2) is 44.2 Å². The second kappa shape index (κ2) is 8.87. The molecule has 0 saturated carbocycles. The van der Waals surface area contributed by atoms with E-state index in [1.54, 1.807) is 14.2 Å². The number of benzene rings is 2. The van der Waals surface area contributed by atoms with Gasteiger partial charge in [0.25, 0.3) is 0 Å². The summed E-state index contributed by atoms with van der Waals surface area (Å²) in [4.78, 5) is 14.6. The van der Waals surface area contributed by atoms with Gasteiger partial charge >= 0.3 is 0 Å². The number of hydrogen-bond acceptors (Lipinski definition) is 5. The summed E-state index contributed by atoms with van der Waals surface area (Å²) in [5.41, 5.74) is 3.12. The molecule has 1 N–H and O–H groups in total. The summed E-state index contributed by atoms with van der Waals surface area (Å²) in [6.45, 7) is 5.45. The van der Waals surface area contributed by atoms with Crippen LogP contribution < -0.4 is 19.5 Å². The van der Waals surface area contributed by atoms with Gasteiger partial charge < -0.3 is 24.4 Å². The van der Waals surface area contributed by atoms with Crippen molar-refractivity contribution in [1.82, 2.24) is 4.90 Å². The zero-order valence-corrected chi connectivity index (χ0v) is 17.0. The highest BCUT2D eigenvalue weighted by atomic mass is 16.5. The minimum absolute atomic E-state index is 0.0554. The SMILES string of the molecule is COc1cc2c(cc1OC)CN(C(=O)CNc1ccccc1OC(C)C)CC2. The third-order valence-corrected chi connectivity index (χ3v) is 4.75. The maximum atomic E-state index is 12.8. The second-order valence-corrected chi connectivity index (χ2v) is 7.06. The van der Waals surface area contributed by atoms with Crippen LogP contribution in [0.2, 0.25) is 0 Å². The average Bonchev–Trinajstić information content (AvgIpc) is 2.70. The number of carbonyl (C=O) groups is 1. The molecule has 0 fully saturated rings. The monoisotopic (exact) mass is 384 g/mol. The Hall–Kier alpha value is -2.89. The third kappa shape index (κ3) is 4.50. The summed E-state index contributed by atoms with van der Waals surface area (Å²) in [5, 5.41) is 3.22. The Kier molecular flexibility index (Phi) is 6.29. The number of carbonyl (C=O) groups excluding carboxylic acids is 1. The molecule has 0 radical (unpaired) electrons. The van der Waals surface area contributed by atoms with Gasteiger partial charge in [-0.1, -0.05) is 12.1 Å². The Morgan fingerprint density at radius 1 is 1.07 bits per heavy atom. The van der Waals surface area contributed by atoms with Crippen LogP contribution in [0.4, 0.5) is 5.69 Å². The Morgan fingerprint density at radius 2 is 1.75 bits per heavy atom. The molecule has 1 heterocycles. The number of para-hydroxylation sites is 2. The van der Waals surface area contributed by atoms with Gasteiger partial charge in [-0.2, -0.15) is 0 Å². The van der Waals surface area contributed by atoms with E-state index in [-0.39, 0.29) is 18.6 Å². The van der Waals surface area contributed by atoms with E-state index >= 15 is 0 Å².